The van der Waals surface area contributed by atoms with Crippen LogP contribution in [0.2, 0.25) is 5.15 Å². The van der Waals surface area contributed by atoms with Gasteiger partial charge in [0.25, 0.3) is 5.78 Å². The predicted octanol–water partition coefficient (Wildman–Crippen LogP) is 3.42. The van der Waals surface area contributed by atoms with Crippen LogP contribution in [0.15, 0.2) is 35.1 Å². The molecule has 19 heavy (non-hydrogen) atoms. The number of aromatic nitrogens is 4. The van der Waals surface area contributed by atoms with Gasteiger partial charge in [-0.05, 0) is 28.1 Å². The lowest BCUT2D eigenvalue weighted by atomic mass is 10.3. The lowest BCUT2D eigenvalue weighted by molar-refractivity contribution is 0.631. The van der Waals surface area contributed by atoms with Crippen LogP contribution < -0.4 is 5.32 Å². The molecule has 0 radical (unpaired) electrons. The maximum atomic E-state index is 13.8. The molecule has 0 saturated heterocycles. The fourth-order valence-corrected chi connectivity index (χ4v) is 2.24. The van der Waals surface area contributed by atoms with Gasteiger partial charge in [-0.3, -0.25) is 0 Å². The molecule has 3 rings (SSSR count). The topological polar surface area (TPSA) is 55.1 Å². The number of rotatable bonds is 2. The molecule has 0 bridgehead atoms. The summed E-state index contributed by atoms with van der Waals surface area (Å²) in [5, 5.41) is 7.17. The van der Waals surface area contributed by atoms with Crippen LogP contribution in [0.1, 0.15) is 0 Å². The summed E-state index contributed by atoms with van der Waals surface area (Å²) in [7, 11) is 0. The van der Waals surface area contributed by atoms with E-state index in [9.17, 15) is 4.39 Å². The third kappa shape index (κ3) is 2.26. The molecule has 2 heterocycles. The molecule has 0 aliphatic heterocycles. The molecular weight excluding hydrogens is 337 g/mol. The summed E-state index contributed by atoms with van der Waals surface area (Å²) in [5.41, 5.74) is 0.293. The molecule has 0 aliphatic carbocycles. The number of para-hydroxylation sites is 1. The molecule has 1 aromatic carbocycles. The van der Waals surface area contributed by atoms with E-state index >= 15 is 0 Å². The van der Waals surface area contributed by atoms with E-state index in [1.54, 1.807) is 18.2 Å². The first-order chi connectivity index (χ1) is 9.15. The second kappa shape index (κ2) is 4.75. The molecule has 0 atom stereocenters. The molecule has 0 fully saturated rings. The first-order valence-electron chi connectivity index (χ1n) is 5.22. The average molecular weight is 343 g/mol. The molecule has 0 spiro atoms. The zero-order valence-corrected chi connectivity index (χ0v) is 11.7. The number of benzene rings is 1. The van der Waals surface area contributed by atoms with Gasteiger partial charge >= 0.3 is 0 Å². The van der Waals surface area contributed by atoms with Crippen molar-refractivity contribution in [1.82, 2.24) is 19.6 Å². The second-order valence-corrected chi connectivity index (χ2v) is 4.90. The van der Waals surface area contributed by atoms with Crippen LogP contribution in [-0.2, 0) is 0 Å². The fraction of sp³-hybridized carbons (Fsp3) is 0. The molecule has 5 nitrogen and oxygen atoms in total. The summed E-state index contributed by atoms with van der Waals surface area (Å²) in [6.07, 6.45) is 1.35. The van der Waals surface area contributed by atoms with Gasteiger partial charge in [0.1, 0.15) is 23.1 Å². The highest BCUT2D eigenvalue weighted by Gasteiger charge is 2.11. The molecule has 0 saturated carbocycles. The van der Waals surface area contributed by atoms with Gasteiger partial charge in [0, 0.05) is 10.5 Å². The monoisotopic (exact) mass is 341 g/mol. The number of nitrogens with one attached hydrogen (secondary N) is 1. The Balaban J connectivity index is 2.13. The first-order valence-corrected chi connectivity index (χ1v) is 6.39. The number of anilines is 2. The van der Waals surface area contributed by atoms with Crippen LogP contribution in [-0.4, -0.2) is 19.6 Å². The second-order valence-electron chi connectivity index (χ2n) is 3.66. The number of halogens is 3. The molecule has 2 aromatic heterocycles. The minimum Gasteiger partial charge on any atom is -0.337 e. The standard InChI is InChI=1S/C11H6BrClFN5/c12-6-2-1-3-7(14)10(6)18-9-4-8(13)17-11-15-5-16-19(9)11/h1-5,18H. The van der Waals surface area contributed by atoms with Crippen molar-refractivity contribution in [2.75, 3.05) is 5.32 Å². The Kier molecular flexibility index (Phi) is 3.08. The van der Waals surface area contributed by atoms with Crippen molar-refractivity contribution in [2.24, 2.45) is 0 Å². The summed E-state index contributed by atoms with van der Waals surface area (Å²) in [6, 6.07) is 6.23. The van der Waals surface area contributed by atoms with Crippen LogP contribution in [0, 0.1) is 5.82 Å². The smallest absolute Gasteiger partial charge is 0.255 e. The quantitative estimate of drug-likeness (QED) is 0.725. The third-order valence-corrected chi connectivity index (χ3v) is 3.29. The molecule has 96 valence electrons. The van der Waals surface area contributed by atoms with Crippen molar-refractivity contribution in [3.8, 4) is 0 Å². The lowest BCUT2D eigenvalue weighted by Crippen LogP contribution is -2.03. The Bertz CT molecular complexity index is 740. The van der Waals surface area contributed by atoms with Gasteiger partial charge in [0.05, 0.1) is 5.69 Å². The van der Waals surface area contributed by atoms with E-state index in [0.29, 0.717) is 21.8 Å². The van der Waals surface area contributed by atoms with E-state index in [4.69, 9.17) is 11.6 Å². The number of hydrogen-bond acceptors (Lipinski definition) is 4. The maximum Gasteiger partial charge on any atom is 0.255 e. The molecular formula is C11H6BrClFN5. The van der Waals surface area contributed by atoms with Crippen molar-refractivity contribution in [2.45, 2.75) is 0 Å². The van der Waals surface area contributed by atoms with E-state index in [2.05, 4.69) is 36.3 Å². The van der Waals surface area contributed by atoms with Gasteiger partial charge in [-0.25, -0.2) is 4.39 Å². The van der Waals surface area contributed by atoms with Crippen LogP contribution in [0.4, 0.5) is 15.9 Å². The van der Waals surface area contributed by atoms with Crippen LogP contribution in [0.25, 0.3) is 5.78 Å². The lowest BCUT2D eigenvalue weighted by Gasteiger charge is -2.10. The summed E-state index contributed by atoms with van der Waals surface area (Å²) >= 11 is 9.17. The molecule has 0 unspecified atom stereocenters. The Morgan fingerprint density at radius 3 is 3.00 bits per heavy atom. The predicted molar refractivity (Wildman–Crippen MR) is 73.2 cm³/mol. The van der Waals surface area contributed by atoms with Crippen LogP contribution in [0.3, 0.4) is 0 Å². The van der Waals surface area contributed by atoms with E-state index in [0.717, 1.165) is 0 Å². The Hall–Kier alpha value is -1.73. The summed E-state index contributed by atoms with van der Waals surface area (Å²) in [4.78, 5) is 7.93. The largest absolute Gasteiger partial charge is 0.337 e. The van der Waals surface area contributed by atoms with E-state index in [-0.39, 0.29) is 5.15 Å². The molecule has 3 aromatic rings. The zero-order chi connectivity index (χ0) is 13.4. The van der Waals surface area contributed by atoms with Crippen molar-refractivity contribution in [1.29, 1.82) is 0 Å². The van der Waals surface area contributed by atoms with Crippen LogP contribution in [0.5, 0.6) is 0 Å². The van der Waals surface area contributed by atoms with Crippen molar-refractivity contribution in [3.05, 3.63) is 46.0 Å². The van der Waals surface area contributed by atoms with Gasteiger partial charge in [-0.15, -0.1) is 0 Å². The van der Waals surface area contributed by atoms with Gasteiger partial charge in [0.2, 0.25) is 0 Å². The third-order valence-electron chi connectivity index (χ3n) is 2.44. The first kappa shape index (κ1) is 12.3. The number of fused-ring (bicyclic) bond motifs is 1. The molecule has 0 aliphatic rings. The number of nitrogens with zero attached hydrogens (tertiary/aromatic N) is 4. The highest BCUT2D eigenvalue weighted by Crippen LogP contribution is 2.29. The summed E-state index contributed by atoms with van der Waals surface area (Å²) < 4.78 is 15.8. The Morgan fingerprint density at radius 2 is 2.21 bits per heavy atom. The van der Waals surface area contributed by atoms with Crippen molar-refractivity contribution in [3.63, 3.8) is 0 Å². The van der Waals surface area contributed by atoms with E-state index in [1.165, 1.54) is 16.9 Å². The van der Waals surface area contributed by atoms with Crippen molar-refractivity contribution < 1.29 is 4.39 Å². The molecule has 1 N–H and O–H groups in total. The van der Waals surface area contributed by atoms with Crippen LogP contribution >= 0.6 is 27.5 Å². The van der Waals surface area contributed by atoms with Gasteiger partial charge < -0.3 is 5.32 Å². The van der Waals surface area contributed by atoms with E-state index < -0.39 is 5.82 Å². The van der Waals surface area contributed by atoms with Gasteiger partial charge in [-0.1, -0.05) is 17.7 Å². The Labute approximate surface area is 120 Å². The minimum absolute atomic E-state index is 0.246. The zero-order valence-electron chi connectivity index (χ0n) is 9.31. The SMILES string of the molecule is Fc1cccc(Br)c1Nc1cc(Cl)nc2ncnn12. The van der Waals surface area contributed by atoms with Gasteiger partial charge in [-0.2, -0.15) is 19.6 Å². The number of hydrogen-bond donors (Lipinski definition) is 1. The normalized spacial score (nSPS) is 10.9. The van der Waals surface area contributed by atoms with E-state index in [1.807, 2.05) is 0 Å². The van der Waals surface area contributed by atoms with Crippen molar-refractivity contribution >= 4 is 44.8 Å². The highest BCUT2D eigenvalue weighted by molar-refractivity contribution is 9.10. The summed E-state index contributed by atoms with van der Waals surface area (Å²) in [5.74, 6) is 0.413. The molecule has 0 amide bonds. The molecule has 8 heteroatoms. The van der Waals surface area contributed by atoms with Gasteiger partial charge in [0.15, 0.2) is 0 Å². The fourth-order valence-electron chi connectivity index (χ4n) is 1.62. The highest BCUT2D eigenvalue weighted by atomic mass is 79.9. The Morgan fingerprint density at radius 1 is 1.37 bits per heavy atom. The maximum absolute atomic E-state index is 13.8. The minimum atomic E-state index is -0.393. The summed E-state index contributed by atoms with van der Waals surface area (Å²) in [6.45, 7) is 0. The average Bonchev–Trinajstić information content (AvgIpc) is 2.81.